The van der Waals surface area contributed by atoms with Crippen molar-refractivity contribution in [2.75, 3.05) is 5.75 Å². The molecule has 2 atom stereocenters. The lowest BCUT2D eigenvalue weighted by molar-refractivity contribution is -0.128. The highest BCUT2D eigenvalue weighted by Crippen LogP contribution is 2.25. The van der Waals surface area contributed by atoms with Crippen LogP contribution in [0.15, 0.2) is 35.4 Å². The molecule has 7 nitrogen and oxygen atoms in total. The Bertz CT molecular complexity index is 936. The number of pyridine rings is 1. The van der Waals surface area contributed by atoms with E-state index in [1.165, 1.54) is 11.3 Å². The molecule has 2 N–H and O–H groups in total. The smallest absolute Gasteiger partial charge is 0.218 e. The predicted molar refractivity (Wildman–Crippen MR) is 118 cm³/mol. The van der Waals surface area contributed by atoms with E-state index in [0.717, 1.165) is 11.3 Å². The maximum atomic E-state index is 13.1. The molecule has 0 aliphatic heterocycles. The number of nitrogens with zero attached hydrogens (tertiary/aromatic N) is 2. The van der Waals surface area contributed by atoms with Crippen LogP contribution in [0.1, 0.15) is 44.9 Å². The Balaban J connectivity index is 2.22. The molecule has 2 rings (SSSR count). The van der Waals surface area contributed by atoms with Gasteiger partial charge in [0.15, 0.2) is 9.84 Å². The Morgan fingerprint density at radius 3 is 2.33 bits per heavy atom. The number of aromatic nitrogens is 2. The SMILES string of the molecule is CC(C)(C)S(=O)(=O)C[C@@H](CC(=O)C(CC(N)=O)Cc1cscn1)Cc1ccncc1. The number of hydrogen-bond donors (Lipinski definition) is 1. The van der Waals surface area contributed by atoms with Crippen LogP contribution in [0.25, 0.3) is 0 Å². The molecule has 0 aliphatic rings. The van der Waals surface area contributed by atoms with Crippen LogP contribution in [0.5, 0.6) is 0 Å². The molecule has 0 saturated carbocycles. The summed E-state index contributed by atoms with van der Waals surface area (Å²) in [6.07, 6.45) is 4.02. The summed E-state index contributed by atoms with van der Waals surface area (Å²) >= 11 is 1.41. The minimum absolute atomic E-state index is 0.0553. The quantitative estimate of drug-likeness (QED) is 0.561. The Kier molecular flexibility index (Phi) is 8.25. The Labute approximate surface area is 182 Å². The summed E-state index contributed by atoms with van der Waals surface area (Å²) in [5.74, 6) is -1.84. The molecule has 30 heavy (non-hydrogen) atoms. The van der Waals surface area contributed by atoms with E-state index in [1.807, 2.05) is 17.5 Å². The highest BCUT2D eigenvalue weighted by Gasteiger charge is 2.33. The summed E-state index contributed by atoms with van der Waals surface area (Å²) in [6, 6.07) is 3.63. The van der Waals surface area contributed by atoms with E-state index >= 15 is 0 Å². The fourth-order valence-electron chi connectivity index (χ4n) is 3.19. The highest BCUT2D eigenvalue weighted by atomic mass is 32.2. The second-order valence-electron chi connectivity index (χ2n) is 8.54. The molecule has 0 bridgehead atoms. The van der Waals surface area contributed by atoms with Gasteiger partial charge in [0, 0.05) is 43.0 Å². The van der Waals surface area contributed by atoms with E-state index < -0.39 is 32.3 Å². The summed E-state index contributed by atoms with van der Waals surface area (Å²) in [5.41, 5.74) is 8.68. The highest BCUT2D eigenvalue weighted by molar-refractivity contribution is 7.92. The van der Waals surface area contributed by atoms with Gasteiger partial charge >= 0.3 is 0 Å². The fraction of sp³-hybridized carbons (Fsp3) is 0.524. The van der Waals surface area contributed by atoms with E-state index in [4.69, 9.17) is 5.73 Å². The standard InChI is InChI=1S/C21H29N3O4S2/c1-21(2,3)30(27,28)13-16(8-15-4-6-23-7-5-15)9-19(25)17(11-20(22)26)10-18-12-29-14-24-18/h4-7,12,14,16-17H,8-11,13H2,1-3H3,(H2,22,26)/t16-,17?/m1/s1. The van der Waals surface area contributed by atoms with Crippen molar-refractivity contribution in [1.82, 2.24) is 9.97 Å². The molecule has 2 aromatic rings. The second-order valence-corrected chi connectivity index (χ2v) is 12.0. The van der Waals surface area contributed by atoms with Crippen molar-refractivity contribution in [2.45, 2.75) is 51.2 Å². The Morgan fingerprint density at radius 2 is 1.80 bits per heavy atom. The van der Waals surface area contributed by atoms with Crippen LogP contribution in [0.3, 0.4) is 0 Å². The van der Waals surface area contributed by atoms with Gasteiger partial charge in [0.05, 0.1) is 21.7 Å². The summed E-state index contributed by atoms with van der Waals surface area (Å²) in [4.78, 5) is 32.8. The van der Waals surface area contributed by atoms with Crippen LogP contribution in [0.2, 0.25) is 0 Å². The zero-order valence-corrected chi connectivity index (χ0v) is 19.2. The van der Waals surface area contributed by atoms with Gasteiger partial charge in [-0.05, 0) is 50.8 Å². The molecule has 0 saturated heterocycles. The number of primary amides is 1. The molecule has 1 unspecified atom stereocenters. The van der Waals surface area contributed by atoms with Gasteiger partial charge in [-0.1, -0.05) is 0 Å². The summed E-state index contributed by atoms with van der Waals surface area (Å²) < 4.78 is 24.7. The van der Waals surface area contributed by atoms with Gasteiger partial charge in [-0.15, -0.1) is 11.3 Å². The first-order valence-corrected chi connectivity index (χ1v) is 12.4. The van der Waals surface area contributed by atoms with Crippen LogP contribution >= 0.6 is 11.3 Å². The lowest BCUT2D eigenvalue weighted by Gasteiger charge is -2.25. The summed E-state index contributed by atoms with van der Waals surface area (Å²) in [7, 11) is -3.43. The molecule has 2 aromatic heterocycles. The van der Waals surface area contributed by atoms with Gasteiger partial charge in [0.2, 0.25) is 5.91 Å². The van der Waals surface area contributed by atoms with Gasteiger partial charge < -0.3 is 5.73 Å². The van der Waals surface area contributed by atoms with Crippen LogP contribution in [-0.4, -0.2) is 40.6 Å². The van der Waals surface area contributed by atoms with E-state index in [-0.39, 0.29) is 24.4 Å². The summed E-state index contributed by atoms with van der Waals surface area (Å²) in [5, 5.41) is 1.83. The maximum absolute atomic E-state index is 13.1. The third-order valence-electron chi connectivity index (χ3n) is 4.99. The third kappa shape index (κ3) is 7.28. The first-order valence-electron chi connectivity index (χ1n) is 9.77. The predicted octanol–water partition coefficient (Wildman–Crippen LogP) is 2.60. The number of amides is 1. The average Bonchev–Trinajstić information content (AvgIpc) is 3.13. The van der Waals surface area contributed by atoms with Gasteiger partial charge in [-0.25, -0.2) is 13.4 Å². The molecule has 0 spiro atoms. The van der Waals surface area contributed by atoms with Crippen molar-refractivity contribution in [3.8, 4) is 0 Å². The number of thiazole rings is 1. The number of rotatable bonds is 11. The first-order chi connectivity index (χ1) is 14.0. The molecular weight excluding hydrogens is 422 g/mol. The lowest BCUT2D eigenvalue weighted by atomic mass is 9.87. The minimum atomic E-state index is -3.43. The number of ketones is 1. The molecule has 2 heterocycles. The zero-order chi connectivity index (χ0) is 22.4. The van der Waals surface area contributed by atoms with Crippen molar-refractivity contribution in [1.29, 1.82) is 0 Å². The average molecular weight is 452 g/mol. The van der Waals surface area contributed by atoms with Crippen LogP contribution < -0.4 is 5.73 Å². The van der Waals surface area contributed by atoms with Crippen molar-refractivity contribution in [3.63, 3.8) is 0 Å². The van der Waals surface area contributed by atoms with Crippen molar-refractivity contribution < 1.29 is 18.0 Å². The molecule has 164 valence electrons. The molecule has 1 amide bonds. The van der Waals surface area contributed by atoms with E-state index in [1.54, 1.807) is 38.7 Å². The molecule has 9 heteroatoms. The second kappa shape index (κ2) is 10.3. The molecule has 0 aromatic carbocycles. The Hall–Kier alpha value is -2.13. The number of hydrogen-bond acceptors (Lipinski definition) is 7. The van der Waals surface area contributed by atoms with E-state index in [9.17, 15) is 18.0 Å². The summed E-state index contributed by atoms with van der Waals surface area (Å²) in [6.45, 7) is 4.98. The third-order valence-corrected chi connectivity index (χ3v) is 8.41. The van der Waals surface area contributed by atoms with Gasteiger partial charge in [0.1, 0.15) is 5.78 Å². The number of carbonyl (C=O) groups excluding carboxylic acids is 2. The van der Waals surface area contributed by atoms with Gasteiger partial charge in [-0.2, -0.15) is 0 Å². The molecule has 0 aliphatic carbocycles. The van der Waals surface area contributed by atoms with Gasteiger partial charge in [-0.3, -0.25) is 14.6 Å². The maximum Gasteiger partial charge on any atom is 0.218 e. The number of carbonyl (C=O) groups is 2. The minimum Gasteiger partial charge on any atom is -0.370 e. The zero-order valence-electron chi connectivity index (χ0n) is 17.6. The number of Topliss-reactive ketones (excluding diaryl/α,β-unsaturated/α-hetero) is 1. The van der Waals surface area contributed by atoms with Crippen LogP contribution in [0, 0.1) is 11.8 Å². The Morgan fingerprint density at radius 1 is 1.13 bits per heavy atom. The van der Waals surface area contributed by atoms with Gasteiger partial charge in [0.25, 0.3) is 0 Å². The largest absolute Gasteiger partial charge is 0.370 e. The normalized spacial score (nSPS) is 14.2. The molecule has 0 fully saturated rings. The van der Waals surface area contributed by atoms with Crippen LogP contribution in [0.4, 0.5) is 0 Å². The van der Waals surface area contributed by atoms with Crippen molar-refractivity contribution >= 4 is 32.9 Å². The number of sulfone groups is 1. The number of nitrogens with two attached hydrogens (primary N) is 1. The van der Waals surface area contributed by atoms with Crippen molar-refractivity contribution in [3.05, 3.63) is 46.7 Å². The topological polar surface area (TPSA) is 120 Å². The first kappa shape index (κ1) is 24.1. The monoisotopic (exact) mass is 451 g/mol. The van der Waals surface area contributed by atoms with E-state index in [2.05, 4.69) is 9.97 Å². The molecular formula is C21H29N3O4S2. The molecule has 0 radical (unpaired) electrons. The van der Waals surface area contributed by atoms with E-state index in [0.29, 0.717) is 12.8 Å². The van der Waals surface area contributed by atoms with Crippen LogP contribution in [-0.2, 0) is 32.3 Å². The van der Waals surface area contributed by atoms with Crippen molar-refractivity contribution in [2.24, 2.45) is 17.6 Å². The lowest BCUT2D eigenvalue weighted by Crippen LogP contribution is -2.35. The fourth-order valence-corrected chi connectivity index (χ4v) is 5.11.